The number of ether oxygens (including phenoxy) is 2. The number of hydrogen-bond donors (Lipinski definition) is 2. The Morgan fingerprint density at radius 3 is 2.76 bits per heavy atom. The third-order valence-electron chi connectivity index (χ3n) is 2.25. The van der Waals surface area contributed by atoms with Gasteiger partial charge in [0, 0.05) is 27.3 Å². The van der Waals surface area contributed by atoms with E-state index < -0.39 is 0 Å². The van der Waals surface area contributed by atoms with Crippen LogP contribution < -0.4 is 10.6 Å². The highest BCUT2D eigenvalue weighted by molar-refractivity contribution is 5.53. The molecule has 0 atom stereocenters. The summed E-state index contributed by atoms with van der Waals surface area (Å²) in [5.41, 5.74) is 2.03. The summed E-state index contributed by atoms with van der Waals surface area (Å²) < 4.78 is 10.3. The number of anilines is 2. The highest BCUT2D eigenvalue weighted by Crippen LogP contribution is 2.11. The molecule has 5 heteroatoms. The molecule has 0 aromatic carbocycles. The molecule has 2 N–H and O–H groups in total. The molecule has 1 aromatic rings. The van der Waals surface area contributed by atoms with Crippen molar-refractivity contribution in [2.75, 3.05) is 51.2 Å². The van der Waals surface area contributed by atoms with Crippen molar-refractivity contribution in [3.05, 3.63) is 18.5 Å². The van der Waals surface area contributed by atoms with Crippen molar-refractivity contribution in [1.82, 2.24) is 4.98 Å². The second-order valence-electron chi connectivity index (χ2n) is 3.60. The molecule has 0 spiro atoms. The molecule has 0 aliphatic rings. The maximum Gasteiger partial charge on any atom is 0.0700 e. The van der Waals surface area contributed by atoms with Crippen molar-refractivity contribution in [3.8, 4) is 0 Å². The van der Waals surface area contributed by atoms with Gasteiger partial charge in [-0.25, -0.2) is 0 Å². The number of rotatable bonds is 9. The van der Waals surface area contributed by atoms with E-state index in [1.807, 2.05) is 19.3 Å². The van der Waals surface area contributed by atoms with Crippen LogP contribution in [0.15, 0.2) is 18.5 Å². The van der Waals surface area contributed by atoms with Gasteiger partial charge >= 0.3 is 0 Å². The van der Waals surface area contributed by atoms with Gasteiger partial charge in [0.1, 0.15) is 0 Å². The van der Waals surface area contributed by atoms with Crippen LogP contribution in [0.1, 0.15) is 6.42 Å². The lowest BCUT2D eigenvalue weighted by Gasteiger charge is -2.08. The van der Waals surface area contributed by atoms with Crippen molar-refractivity contribution in [2.45, 2.75) is 6.42 Å². The van der Waals surface area contributed by atoms with Crippen molar-refractivity contribution >= 4 is 11.4 Å². The minimum atomic E-state index is 0.654. The number of nitrogens with one attached hydrogen (secondary N) is 2. The van der Waals surface area contributed by atoms with E-state index in [1.54, 1.807) is 13.3 Å². The van der Waals surface area contributed by atoms with Crippen LogP contribution in [0.2, 0.25) is 0 Å². The summed E-state index contributed by atoms with van der Waals surface area (Å²) >= 11 is 0. The number of hydrogen-bond acceptors (Lipinski definition) is 5. The molecule has 17 heavy (non-hydrogen) atoms. The zero-order valence-electron chi connectivity index (χ0n) is 10.5. The van der Waals surface area contributed by atoms with Crippen molar-refractivity contribution in [3.63, 3.8) is 0 Å². The van der Waals surface area contributed by atoms with Crippen LogP contribution in [0.3, 0.4) is 0 Å². The summed E-state index contributed by atoms with van der Waals surface area (Å²) in [6.07, 6.45) is 4.57. The van der Waals surface area contributed by atoms with E-state index in [0.29, 0.717) is 13.2 Å². The Balaban J connectivity index is 2.09. The van der Waals surface area contributed by atoms with E-state index in [9.17, 15) is 0 Å². The Morgan fingerprint density at radius 2 is 2.00 bits per heavy atom. The Kier molecular flexibility index (Phi) is 7.09. The number of pyridine rings is 1. The van der Waals surface area contributed by atoms with Crippen LogP contribution in [0.4, 0.5) is 11.4 Å². The molecule has 0 fully saturated rings. The third kappa shape index (κ3) is 6.09. The molecule has 1 heterocycles. The van der Waals surface area contributed by atoms with Crippen LogP contribution in [0.5, 0.6) is 0 Å². The maximum atomic E-state index is 5.36. The fourth-order valence-corrected chi connectivity index (χ4v) is 1.32. The summed E-state index contributed by atoms with van der Waals surface area (Å²) in [6.45, 7) is 2.94. The van der Waals surface area contributed by atoms with Gasteiger partial charge in [0.25, 0.3) is 0 Å². The van der Waals surface area contributed by atoms with Gasteiger partial charge in [0.2, 0.25) is 0 Å². The molecule has 0 aliphatic heterocycles. The molecule has 0 bridgehead atoms. The first-order valence-electron chi connectivity index (χ1n) is 5.80. The van der Waals surface area contributed by atoms with Gasteiger partial charge in [-0.15, -0.1) is 0 Å². The lowest BCUT2D eigenvalue weighted by molar-refractivity contribution is 0.0705. The fraction of sp³-hybridized carbons (Fsp3) is 0.583. The summed E-state index contributed by atoms with van der Waals surface area (Å²) in [6, 6.07) is 2.03. The fourth-order valence-electron chi connectivity index (χ4n) is 1.32. The zero-order valence-corrected chi connectivity index (χ0v) is 10.5. The second kappa shape index (κ2) is 8.78. The van der Waals surface area contributed by atoms with Gasteiger partial charge in [0.15, 0.2) is 0 Å². The van der Waals surface area contributed by atoms with E-state index in [4.69, 9.17) is 9.47 Å². The Labute approximate surface area is 103 Å². The van der Waals surface area contributed by atoms with Crippen LogP contribution in [-0.4, -0.2) is 45.5 Å². The highest BCUT2D eigenvalue weighted by Gasteiger charge is 1.94. The monoisotopic (exact) mass is 239 g/mol. The molecular formula is C12H21N3O2. The molecule has 0 amide bonds. The van der Waals surface area contributed by atoms with Crippen LogP contribution in [0.25, 0.3) is 0 Å². The van der Waals surface area contributed by atoms with Crippen molar-refractivity contribution < 1.29 is 9.47 Å². The number of aromatic nitrogens is 1. The average molecular weight is 239 g/mol. The Morgan fingerprint density at radius 1 is 1.18 bits per heavy atom. The molecule has 0 aliphatic carbocycles. The minimum absolute atomic E-state index is 0.654. The number of nitrogens with zero attached hydrogens (tertiary/aromatic N) is 1. The zero-order chi connectivity index (χ0) is 12.3. The van der Waals surface area contributed by atoms with Crippen molar-refractivity contribution in [1.29, 1.82) is 0 Å². The van der Waals surface area contributed by atoms with E-state index in [-0.39, 0.29) is 0 Å². The molecule has 0 saturated carbocycles. The second-order valence-corrected chi connectivity index (χ2v) is 3.60. The molecule has 1 aromatic heterocycles. The van der Waals surface area contributed by atoms with Gasteiger partial charge in [-0.3, -0.25) is 4.98 Å². The average Bonchev–Trinajstić information content (AvgIpc) is 2.38. The van der Waals surface area contributed by atoms with Gasteiger partial charge in [-0.1, -0.05) is 0 Å². The normalized spacial score (nSPS) is 10.2. The predicted octanol–water partition coefficient (Wildman–Crippen LogP) is 1.59. The smallest absolute Gasteiger partial charge is 0.0700 e. The van der Waals surface area contributed by atoms with E-state index >= 15 is 0 Å². The first kappa shape index (κ1) is 13.7. The van der Waals surface area contributed by atoms with Crippen molar-refractivity contribution in [2.24, 2.45) is 0 Å². The third-order valence-corrected chi connectivity index (χ3v) is 2.25. The van der Waals surface area contributed by atoms with Gasteiger partial charge in [-0.05, 0) is 12.5 Å². The topological polar surface area (TPSA) is 55.4 Å². The molecular weight excluding hydrogens is 218 g/mol. The minimum Gasteiger partial charge on any atom is -0.387 e. The number of methoxy groups -OCH3 is 1. The lowest BCUT2D eigenvalue weighted by atomic mass is 10.3. The predicted molar refractivity (Wildman–Crippen MR) is 69.6 cm³/mol. The Hall–Kier alpha value is -1.33. The Bertz CT molecular complexity index is 308. The highest BCUT2D eigenvalue weighted by atomic mass is 16.5. The lowest BCUT2D eigenvalue weighted by Crippen LogP contribution is -2.08. The standard InChI is InChI=1S/C12H21N3O2/c1-13-11-8-12(10-14-9-11)15-4-3-5-17-7-6-16-2/h8-10,13,15H,3-7H2,1-2H3. The van der Waals surface area contributed by atoms with Crippen LogP contribution in [0, 0.1) is 0 Å². The van der Waals surface area contributed by atoms with E-state index in [1.165, 1.54) is 0 Å². The molecule has 0 saturated heterocycles. The molecule has 96 valence electrons. The van der Waals surface area contributed by atoms with Crippen LogP contribution in [-0.2, 0) is 9.47 Å². The van der Waals surface area contributed by atoms with Gasteiger partial charge in [0.05, 0.1) is 37.0 Å². The summed E-state index contributed by atoms with van der Waals surface area (Å²) in [5, 5.41) is 6.35. The first-order valence-corrected chi connectivity index (χ1v) is 5.80. The summed E-state index contributed by atoms with van der Waals surface area (Å²) in [4.78, 5) is 4.12. The quantitative estimate of drug-likeness (QED) is 0.641. The SMILES string of the molecule is CNc1cncc(NCCCOCCOC)c1. The van der Waals surface area contributed by atoms with Crippen LogP contribution >= 0.6 is 0 Å². The summed E-state index contributed by atoms with van der Waals surface area (Å²) in [7, 11) is 3.55. The van der Waals surface area contributed by atoms with E-state index in [2.05, 4.69) is 15.6 Å². The molecule has 0 unspecified atom stereocenters. The first-order chi connectivity index (χ1) is 8.36. The summed E-state index contributed by atoms with van der Waals surface area (Å²) in [5.74, 6) is 0. The largest absolute Gasteiger partial charge is 0.387 e. The van der Waals surface area contributed by atoms with E-state index in [0.717, 1.165) is 30.9 Å². The van der Waals surface area contributed by atoms with Gasteiger partial charge in [-0.2, -0.15) is 0 Å². The molecule has 0 radical (unpaired) electrons. The molecule has 5 nitrogen and oxygen atoms in total. The maximum absolute atomic E-state index is 5.36. The molecule has 1 rings (SSSR count). The van der Waals surface area contributed by atoms with Gasteiger partial charge < -0.3 is 20.1 Å².